The molecule has 2 aromatic heterocycles. The summed E-state index contributed by atoms with van der Waals surface area (Å²) in [7, 11) is 2.07. The Bertz CT molecular complexity index is 1820. The number of aromatic nitrogens is 3. The van der Waals surface area contributed by atoms with Crippen LogP contribution in [-0.4, -0.2) is 69.1 Å². The molecule has 44 heavy (non-hydrogen) atoms. The molecular weight excluding hydrogens is 602 g/mol. The molecule has 11 heteroatoms. The number of hydrogen-bond donors (Lipinski definition) is 0. The molecule has 1 amide bonds. The molecule has 0 spiro atoms. The van der Waals surface area contributed by atoms with Gasteiger partial charge in [0.1, 0.15) is 12.1 Å². The zero-order valence-electron chi connectivity index (χ0n) is 24.7. The van der Waals surface area contributed by atoms with Crippen LogP contribution in [0.5, 0.6) is 5.88 Å². The Morgan fingerprint density at radius 1 is 1.23 bits per heavy atom. The Labute approximate surface area is 265 Å². The Hall–Kier alpha value is -3.71. The van der Waals surface area contributed by atoms with Crippen LogP contribution in [0.4, 0.5) is 4.39 Å². The molecule has 228 valence electrons. The van der Waals surface area contributed by atoms with E-state index in [4.69, 9.17) is 37.9 Å². The molecule has 3 atom stereocenters. The minimum atomic E-state index is -0.566. The van der Waals surface area contributed by atoms with Crippen molar-refractivity contribution in [1.29, 1.82) is 5.26 Å². The summed E-state index contributed by atoms with van der Waals surface area (Å²) in [5, 5.41) is 10.8. The second-order valence-electron chi connectivity index (χ2n) is 11.6. The molecule has 0 aliphatic carbocycles. The number of fused-ring (bicyclic) bond motifs is 3. The van der Waals surface area contributed by atoms with Gasteiger partial charge in [-0.2, -0.15) is 5.26 Å². The number of hydrogen-bond acceptors (Lipinski definition) is 6. The summed E-state index contributed by atoms with van der Waals surface area (Å²) in [6, 6.07) is 9.10. The number of benzene rings is 2. The number of carbonyl (C=O) groups excluding carboxylic acids is 1. The van der Waals surface area contributed by atoms with E-state index in [0.29, 0.717) is 58.6 Å². The molecule has 2 saturated heterocycles. The van der Waals surface area contributed by atoms with Gasteiger partial charge in [0.05, 0.1) is 29.4 Å². The minimum absolute atomic E-state index is 0.108. The number of ether oxygens (including phenoxy) is 1. The number of carbonyl (C=O) groups is 1. The predicted molar refractivity (Wildman–Crippen MR) is 171 cm³/mol. The maximum Gasteiger partial charge on any atom is 0.246 e. The van der Waals surface area contributed by atoms with Crippen molar-refractivity contribution in [1.82, 2.24) is 24.3 Å². The summed E-state index contributed by atoms with van der Waals surface area (Å²) in [4.78, 5) is 26.0. The molecule has 0 radical (unpaired) electrons. The molecular formula is C33H33Cl2FN6O2. The number of piperidine rings is 1. The quantitative estimate of drug-likeness (QED) is 0.201. The van der Waals surface area contributed by atoms with Gasteiger partial charge in [0.25, 0.3) is 0 Å². The summed E-state index contributed by atoms with van der Waals surface area (Å²) in [5.74, 6) is -0.502. The lowest BCUT2D eigenvalue weighted by Crippen LogP contribution is -2.45. The van der Waals surface area contributed by atoms with E-state index in [-0.39, 0.29) is 52.4 Å². The van der Waals surface area contributed by atoms with Crippen molar-refractivity contribution >= 4 is 51.0 Å². The number of pyridine rings is 1. The van der Waals surface area contributed by atoms with Crippen molar-refractivity contribution in [2.45, 2.75) is 57.2 Å². The molecule has 0 N–H and O–H groups in total. The lowest BCUT2D eigenvalue weighted by atomic mass is 9.94. The summed E-state index contributed by atoms with van der Waals surface area (Å²) in [5.41, 5.74) is 2.83. The van der Waals surface area contributed by atoms with Crippen molar-refractivity contribution in [3.8, 4) is 23.1 Å². The zero-order chi connectivity index (χ0) is 31.1. The Morgan fingerprint density at radius 3 is 2.77 bits per heavy atom. The predicted octanol–water partition coefficient (Wildman–Crippen LogP) is 7.11. The van der Waals surface area contributed by atoms with E-state index in [1.807, 2.05) is 11.5 Å². The van der Waals surface area contributed by atoms with Crippen molar-refractivity contribution in [3.05, 3.63) is 64.7 Å². The monoisotopic (exact) mass is 634 g/mol. The van der Waals surface area contributed by atoms with Gasteiger partial charge in [0.2, 0.25) is 11.8 Å². The first-order valence-corrected chi connectivity index (χ1v) is 15.6. The van der Waals surface area contributed by atoms with Crippen LogP contribution in [0.15, 0.2) is 43.2 Å². The zero-order valence-corrected chi connectivity index (χ0v) is 26.2. The first-order chi connectivity index (χ1) is 21.2. The van der Waals surface area contributed by atoms with E-state index in [2.05, 4.69) is 24.6 Å². The van der Waals surface area contributed by atoms with Gasteiger partial charge in [-0.15, -0.1) is 0 Å². The standard InChI is InChI=1S/C33H33Cl2FN6O2/c1-4-27(43)41-14-11-21(15-20(41)10-12-37)42-18-38-31-32(42)24-16-26(35)28(23-8-5-9-25(34)19(23)2)29(36)30(24)39-33(31)44-17-22-7-6-13-40(22)3/h4-5,8-9,16,18,20-22H,1,6-7,10-11,13-15,17H2,2-3H3/t20?,21?,22-/m0/s1. The van der Waals surface area contributed by atoms with Gasteiger partial charge >= 0.3 is 0 Å². The second kappa shape index (κ2) is 12.4. The molecule has 2 aliphatic heterocycles. The molecule has 2 aliphatic rings. The van der Waals surface area contributed by atoms with Gasteiger partial charge in [-0.25, -0.2) is 14.4 Å². The second-order valence-corrected chi connectivity index (χ2v) is 12.5. The number of imidazole rings is 1. The number of likely N-dealkylation sites (tertiary alicyclic amines) is 2. The first-order valence-electron chi connectivity index (χ1n) is 14.8. The summed E-state index contributed by atoms with van der Waals surface area (Å²) in [6.07, 6.45) is 6.44. The fourth-order valence-electron chi connectivity index (χ4n) is 6.69. The largest absolute Gasteiger partial charge is 0.474 e. The topological polar surface area (TPSA) is 87.3 Å². The number of rotatable bonds is 7. The number of amides is 1. The van der Waals surface area contributed by atoms with Crippen LogP contribution in [0.25, 0.3) is 33.1 Å². The number of nitrogens with zero attached hydrogens (tertiary/aromatic N) is 6. The van der Waals surface area contributed by atoms with Crippen LogP contribution in [0.2, 0.25) is 10.0 Å². The van der Waals surface area contributed by atoms with Gasteiger partial charge in [-0.05, 0) is 75.5 Å². The number of halogens is 3. The molecule has 0 saturated carbocycles. The molecule has 2 unspecified atom stereocenters. The Morgan fingerprint density at radius 2 is 2.05 bits per heavy atom. The molecule has 4 aromatic rings. The van der Waals surface area contributed by atoms with Gasteiger partial charge < -0.3 is 19.1 Å². The van der Waals surface area contributed by atoms with Crippen molar-refractivity contribution < 1.29 is 13.9 Å². The fraction of sp³-hybridized carbons (Fsp3) is 0.394. The lowest BCUT2D eigenvalue weighted by Gasteiger charge is -2.38. The van der Waals surface area contributed by atoms with Crippen LogP contribution in [0.3, 0.4) is 0 Å². The maximum absolute atomic E-state index is 16.7. The summed E-state index contributed by atoms with van der Waals surface area (Å²) < 4.78 is 25.0. The smallest absolute Gasteiger partial charge is 0.246 e. The van der Waals surface area contributed by atoms with E-state index in [1.165, 1.54) is 6.08 Å². The van der Waals surface area contributed by atoms with Crippen molar-refractivity contribution in [2.24, 2.45) is 0 Å². The molecule has 2 aromatic carbocycles. The number of likely N-dealkylation sites (N-methyl/N-ethyl adjacent to an activating group) is 1. The Kier molecular flexibility index (Phi) is 8.51. The Balaban J connectivity index is 1.52. The van der Waals surface area contributed by atoms with E-state index in [0.717, 1.165) is 19.4 Å². The molecule has 0 bridgehead atoms. The summed E-state index contributed by atoms with van der Waals surface area (Å²) >= 11 is 13.2. The van der Waals surface area contributed by atoms with Crippen LogP contribution < -0.4 is 4.74 Å². The van der Waals surface area contributed by atoms with Crippen LogP contribution in [0, 0.1) is 24.1 Å². The normalized spacial score (nSPS) is 20.7. The van der Waals surface area contributed by atoms with Crippen LogP contribution in [0.1, 0.15) is 43.7 Å². The molecule has 8 nitrogen and oxygen atoms in total. The highest BCUT2D eigenvalue weighted by Crippen LogP contribution is 2.43. The van der Waals surface area contributed by atoms with E-state index < -0.39 is 5.82 Å². The van der Waals surface area contributed by atoms with Crippen molar-refractivity contribution in [2.75, 3.05) is 26.7 Å². The van der Waals surface area contributed by atoms with E-state index in [1.54, 1.807) is 35.5 Å². The minimum Gasteiger partial charge on any atom is -0.474 e. The fourth-order valence-corrected chi connectivity index (χ4v) is 7.16. The van der Waals surface area contributed by atoms with Gasteiger partial charge in [-0.3, -0.25) is 4.79 Å². The molecule has 2 fully saturated rings. The van der Waals surface area contributed by atoms with Gasteiger partial charge in [0, 0.05) is 40.6 Å². The van der Waals surface area contributed by atoms with Gasteiger partial charge in [-0.1, -0.05) is 41.9 Å². The summed E-state index contributed by atoms with van der Waals surface area (Å²) in [6.45, 7) is 7.30. The van der Waals surface area contributed by atoms with E-state index >= 15 is 4.39 Å². The average Bonchev–Trinajstić information content (AvgIpc) is 3.65. The highest BCUT2D eigenvalue weighted by Gasteiger charge is 2.33. The lowest BCUT2D eigenvalue weighted by molar-refractivity contribution is -0.130. The number of nitriles is 1. The van der Waals surface area contributed by atoms with Crippen LogP contribution >= 0.6 is 23.2 Å². The molecule has 6 rings (SSSR count). The molecule has 4 heterocycles. The van der Waals surface area contributed by atoms with Crippen LogP contribution in [-0.2, 0) is 4.79 Å². The third-order valence-corrected chi connectivity index (χ3v) is 9.85. The first kappa shape index (κ1) is 30.3. The third-order valence-electron chi connectivity index (χ3n) is 9.14. The SMILES string of the molecule is C=CC(=O)N1CCC(n2cnc3c(OC[C@@H]4CCCN4C)nc4c(F)c(-c5cccc(Cl)c5C)c(Cl)cc4c32)CC1CC#N. The third kappa shape index (κ3) is 5.29. The average molecular weight is 636 g/mol. The highest BCUT2D eigenvalue weighted by molar-refractivity contribution is 6.35. The highest BCUT2D eigenvalue weighted by atomic mass is 35.5. The maximum atomic E-state index is 16.7. The van der Waals surface area contributed by atoms with Gasteiger partial charge in [0.15, 0.2) is 11.3 Å². The van der Waals surface area contributed by atoms with E-state index in [9.17, 15) is 10.1 Å². The van der Waals surface area contributed by atoms with Crippen molar-refractivity contribution in [3.63, 3.8) is 0 Å².